The molecule has 4 rings (SSSR count). The molecule has 0 saturated heterocycles. The van der Waals surface area contributed by atoms with Crippen LogP contribution in [0.3, 0.4) is 0 Å². The molecule has 12 heteroatoms. The van der Waals surface area contributed by atoms with E-state index in [-0.39, 0.29) is 17.9 Å². The second-order valence-corrected chi connectivity index (χ2v) is 10.8. The van der Waals surface area contributed by atoms with Gasteiger partial charge in [0.25, 0.3) is 11.0 Å². The van der Waals surface area contributed by atoms with E-state index in [0.717, 1.165) is 16.7 Å². The molecule has 0 unspecified atom stereocenters. The number of nitrogens with one attached hydrogen (secondary N) is 1. The third kappa shape index (κ3) is 5.97. The lowest BCUT2D eigenvalue weighted by atomic mass is 9.95. The molecule has 0 spiro atoms. The highest BCUT2D eigenvalue weighted by atomic mass is 127. The Morgan fingerprint density at radius 2 is 1.85 bits per heavy atom. The van der Waals surface area contributed by atoms with Crippen LogP contribution in [-0.2, 0) is 17.9 Å². The maximum absolute atomic E-state index is 13.6. The monoisotopic (exact) mass is 678 g/mol. The molecule has 1 aliphatic carbocycles. The van der Waals surface area contributed by atoms with E-state index >= 15 is 0 Å². The number of hydrogen-bond donors (Lipinski definition) is 1. The van der Waals surface area contributed by atoms with Gasteiger partial charge in [-0.1, -0.05) is 12.1 Å². The molecule has 3 aromatic carbocycles. The lowest BCUT2D eigenvalue weighted by Crippen LogP contribution is -2.30. The average Bonchev–Trinajstić information content (AvgIpc) is 3.19. The largest absolute Gasteiger partial charge is 0.493 e. The summed E-state index contributed by atoms with van der Waals surface area (Å²) in [6.07, 6.45) is 2.87. The Kier molecular flexibility index (Phi) is 9.40. The van der Waals surface area contributed by atoms with Gasteiger partial charge in [-0.3, -0.25) is 9.59 Å². The average molecular weight is 679 g/mol. The summed E-state index contributed by atoms with van der Waals surface area (Å²) in [6, 6.07) is 11.5. The Morgan fingerprint density at radius 3 is 2.50 bits per heavy atom. The van der Waals surface area contributed by atoms with Crippen molar-refractivity contribution in [1.29, 1.82) is 0 Å². The fraction of sp³-hybridized carbons (Fsp3) is 0.286. The van der Waals surface area contributed by atoms with Crippen molar-refractivity contribution in [2.75, 3.05) is 27.6 Å². The van der Waals surface area contributed by atoms with E-state index in [2.05, 4.69) is 10.2 Å². The van der Waals surface area contributed by atoms with E-state index in [1.165, 1.54) is 18.9 Å². The van der Waals surface area contributed by atoms with E-state index in [9.17, 15) is 19.7 Å². The number of benzene rings is 2. The molecule has 1 aliphatic rings. The van der Waals surface area contributed by atoms with E-state index in [4.69, 9.17) is 14.2 Å². The predicted octanol–water partition coefficient (Wildman–Crippen LogP) is 5.19. The molecule has 0 aliphatic heterocycles. The van der Waals surface area contributed by atoms with Crippen LogP contribution in [0.1, 0.15) is 39.5 Å². The van der Waals surface area contributed by atoms with Gasteiger partial charge in [-0.25, -0.2) is 0 Å². The number of ether oxygens (including phenoxy) is 3. The van der Waals surface area contributed by atoms with Crippen molar-refractivity contribution in [3.8, 4) is 28.4 Å². The first-order valence-corrected chi connectivity index (χ1v) is 14.4. The second-order valence-electron chi connectivity index (χ2n) is 8.83. The zero-order valence-corrected chi connectivity index (χ0v) is 25.2. The number of amides is 1. The number of rotatable bonds is 9. The molecule has 210 valence electrons. The summed E-state index contributed by atoms with van der Waals surface area (Å²) in [7, 11) is 4.64. The Hall–Kier alpha value is -3.52. The summed E-state index contributed by atoms with van der Waals surface area (Å²) in [5.74, 6) is 1.04. The van der Waals surface area contributed by atoms with Crippen LogP contribution >= 0.6 is 34.4 Å². The van der Waals surface area contributed by atoms with Gasteiger partial charge >= 0.3 is 0 Å². The molecule has 1 atom stereocenters. The lowest BCUT2D eigenvalue weighted by Gasteiger charge is -2.20. The molecule has 10 nitrogen and oxygen atoms in total. The molecule has 0 bridgehead atoms. The zero-order valence-electron chi connectivity index (χ0n) is 22.2. The number of carbonyl (C=O) groups is 1. The maximum Gasteiger partial charge on any atom is 0.294 e. The van der Waals surface area contributed by atoms with Crippen molar-refractivity contribution >= 4 is 40.3 Å². The van der Waals surface area contributed by atoms with Crippen molar-refractivity contribution in [3.05, 3.63) is 88.6 Å². The number of carbonyl (C=O) groups excluding carboxylic acids is 1. The molecule has 0 aromatic heterocycles. The summed E-state index contributed by atoms with van der Waals surface area (Å²) in [5.41, 5.74) is 3.74. The quantitative estimate of drug-likeness (QED) is 0.141. The van der Waals surface area contributed by atoms with E-state index in [0.29, 0.717) is 55.2 Å². The predicted molar refractivity (Wildman–Crippen MR) is 159 cm³/mol. The highest BCUT2D eigenvalue weighted by Gasteiger charge is 2.30. The van der Waals surface area contributed by atoms with Crippen molar-refractivity contribution in [3.63, 3.8) is 0 Å². The first-order valence-electron chi connectivity index (χ1n) is 12.1. The number of halogens is 1. The van der Waals surface area contributed by atoms with Crippen molar-refractivity contribution in [2.45, 2.75) is 30.4 Å². The Morgan fingerprint density at radius 1 is 1.10 bits per heavy atom. The van der Waals surface area contributed by atoms with E-state index in [1.54, 1.807) is 44.6 Å². The summed E-state index contributed by atoms with van der Waals surface area (Å²) >= 11 is 3.39. The van der Waals surface area contributed by atoms with Crippen molar-refractivity contribution in [1.82, 2.24) is 5.32 Å². The highest BCUT2D eigenvalue weighted by molar-refractivity contribution is 14.1. The summed E-state index contributed by atoms with van der Waals surface area (Å²) in [4.78, 5) is 42.4. The molecule has 1 N–H and O–H groups in total. The molecule has 40 heavy (non-hydrogen) atoms. The van der Waals surface area contributed by atoms with Crippen LogP contribution in [0.2, 0.25) is 0 Å². The van der Waals surface area contributed by atoms with E-state index in [1.807, 2.05) is 41.0 Å². The maximum atomic E-state index is 13.6. The molecule has 0 fully saturated rings. The zero-order chi connectivity index (χ0) is 29.0. The fourth-order valence-corrected chi connectivity index (χ4v) is 5.86. The van der Waals surface area contributed by atoms with Gasteiger partial charge in [-0.2, -0.15) is 0 Å². The first kappa shape index (κ1) is 29.5. The molecular weight excluding hydrogens is 651 g/mol. The van der Waals surface area contributed by atoms with Crippen LogP contribution in [0.4, 0.5) is 0 Å². The van der Waals surface area contributed by atoms with Crippen LogP contribution in [-0.4, -0.2) is 38.6 Å². The van der Waals surface area contributed by atoms with Crippen LogP contribution in [0, 0.1) is 13.7 Å². The Balaban J connectivity index is 1.85. The molecular formula is C28H27IN2O8S. The standard InChI is InChI=1S/C28H27IN2O8S/c1-36-23-12-16-6-9-21(30-28(33)19-11-15(5-8-20(19)29)14-39-31(34)35)18-13-22(32)24(40-4)10-7-17(18)25(16)27(38-3)26(23)37-2/h5,7-8,10-13,21H,6,9,14H2,1-4H3,(H,30,33)/t21-/m0/s1. The molecule has 0 heterocycles. The molecule has 1 amide bonds. The number of aryl methyl sites for hydroxylation is 1. The number of methoxy groups -OCH3 is 3. The summed E-state index contributed by atoms with van der Waals surface area (Å²) in [5, 5.41) is 12.9. The van der Waals surface area contributed by atoms with Gasteiger partial charge in [0, 0.05) is 9.13 Å². The number of fused-ring (bicyclic) bond motifs is 3. The third-order valence-corrected chi connectivity index (χ3v) is 8.36. The number of hydrogen-bond acceptors (Lipinski definition) is 9. The smallest absolute Gasteiger partial charge is 0.294 e. The van der Waals surface area contributed by atoms with Crippen LogP contribution in [0.5, 0.6) is 17.2 Å². The lowest BCUT2D eigenvalue weighted by molar-refractivity contribution is -0.763. The van der Waals surface area contributed by atoms with Gasteiger partial charge < -0.3 is 24.4 Å². The van der Waals surface area contributed by atoms with Crippen LogP contribution in [0.25, 0.3) is 11.1 Å². The molecule has 3 aromatic rings. The second kappa shape index (κ2) is 12.8. The number of thioether (sulfide) groups is 1. The minimum atomic E-state index is -0.876. The minimum absolute atomic E-state index is 0.163. The van der Waals surface area contributed by atoms with E-state index < -0.39 is 11.1 Å². The summed E-state index contributed by atoms with van der Waals surface area (Å²) < 4.78 is 17.7. The van der Waals surface area contributed by atoms with Gasteiger partial charge in [0.1, 0.15) is 6.61 Å². The first-order chi connectivity index (χ1) is 19.2. The fourth-order valence-electron chi connectivity index (χ4n) is 4.82. The molecule has 0 saturated carbocycles. The summed E-state index contributed by atoms with van der Waals surface area (Å²) in [6.45, 7) is -0.276. The third-order valence-electron chi connectivity index (χ3n) is 6.64. The van der Waals surface area contributed by atoms with Crippen LogP contribution < -0.4 is 25.0 Å². The van der Waals surface area contributed by atoms with Crippen molar-refractivity contribution < 1.29 is 28.9 Å². The van der Waals surface area contributed by atoms with Gasteiger partial charge in [-0.05, 0) is 94.3 Å². The minimum Gasteiger partial charge on any atom is -0.493 e. The van der Waals surface area contributed by atoms with Crippen molar-refractivity contribution in [2.24, 2.45) is 0 Å². The van der Waals surface area contributed by atoms with Gasteiger partial charge in [0.05, 0.1) is 37.8 Å². The van der Waals surface area contributed by atoms with Gasteiger partial charge in [0.2, 0.25) is 5.75 Å². The highest BCUT2D eigenvalue weighted by Crippen LogP contribution is 2.50. The van der Waals surface area contributed by atoms with Gasteiger partial charge in [-0.15, -0.1) is 21.9 Å². The van der Waals surface area contributed by atoms with Gasteiger partial charge in [0.15, 0.2) is 16.9 Å². The Bertz CT molecular complexity index is 1530. The van der Waals surface area contributed by atoms with Crippen LogP contribution in [0.15, 0.2) is 52.2 Å². The molecule has 0 radical (unpaired) electrons. The number of nitrogens with zero attached hydrogens (tertiary/aromatic N) is 1. The SMILES string of the molecule is COc1cc2c(c(OC)c1OC)-c1ccc(SC)c(=O)cc1[C@@H](NC(=O)c1cc(CO[N+](=O)[O-])ccc1I)CC2. The Labute approximate surface area is 248 Å². The topological polar surface area (TPSA) is 126 Å². The normalized spacial score (nSPS) is 13.8.